The number of hydrogen-bond acceptors (Lipinski definition) is 3. The highest BCUT2D eigenvalue weighted by molar-refractivity contribution is 14.1. The molecule has 2 aliphatic heterocycles. The van der Waals surface area contributed by atoms with Crippen molar-refractivity contribution in [3.63, 3.8) is 0 Å². The van der Waals surface area contributed by atoms with Crippen LogP contribution in [0.5, 0.6) is 5.75 Å². The molecule has 2 atom stereocenters. The van der Waals surface area contributed by atoms with Crippen molar-refractivity contribution < 1.29 is 14.3 Å². The second-order valence-corrected chi connectivity index (χ2v) is 6.28. The zero-order valence-corrected chi connectivity index (χ0v) is 12.1. The van der Waals surface area contributed by atoms with E-state index < -0.39 is 0 Å². The molecule has 1 aromatic rings. The van der Waals surface area contributed by atoms with Crippen LogP contribution in [0.25, 0.3) is 0 Å². The number of fused-ring (bicyclic) bond motifs is 3. The molecule has 2 aliphatic rings. The number of hydrogen-bond donors (Lipinski definition) is 0. The second kappa shape index (κ2) is 3.45. The van der Waals surface area contributed by atoms with Gasteiger partial charge < -0.3 is 9.47 Å². The summed E-state index contributed by atoms with van der Waals surface area (Å²) in [5.41, 5.74) is 1.46. The first-order chi connectivity index (χ1) is 7.90. The topological polar surface area (TPSA) is 38.8 Å². The van der Waals surface area contributed by atoms with Crippen LogP contribution in [-0.2, 0) is 4.74 Å². The molecule has 0 saturated carbocycles. The summed E-state index contributed by atoms with van der Waals surface area (Å²) < 4.78 is 12.6. The quantitative estimate of drug-likeness (QED) is 0.446. The van der Waals surface area contributed by atoms with Crippen molar-refractivity contribution in [3.05, 3.63) is 26.8 Å². The Balaban J connectivity index is 2.14. The highest BCUT2D eigenvalue weighted by atomic mass is 127. The van der Waals surface area contributed by atoms with Crippen LogP contribution in [0.1, 0.15) is 42.8 Å². The largest absolute Gasteiger partial charge is 0.484 e. The van der Waals surface area contributed by atoms with Gasteiger partial charge in [-0.15, -0.1) is 0 Å². The number of epoxide rings is 1. The van der Waals surface area contributed by atoms with E-state index in [-0.39, 0.29) is 23.6 Å². The van der Waals surface area contributed by atoms with E-state index in [4.69, 9.17) is 9.47 Å². The summed E-state index contributed by atoms with van der Waals surface area (Å²) in [6, 6.07) is 3.78. The summed E-state index contributed by atoms with van der Waals surface area (Å²) in [7, 11) is 0. The van der Waals surface area contributed by atoms with E-state index in [2.05, 4.69) is 22.6 Å². The minimum Gasteiger partial charge on any atom is -0.484 e. The minimum absolute atomic E-state index is 0.0766. The Labute approximate surface area is 114 Å². The number of carbonyl (C=O) groups excluding carboxylic acids is 1. The maximum atomic E-state index is 11.4. The van der Waals surface area contributed by atoms with Gasteiger partial charge in [-0.25, -0.2) is 0 Å². The molecule has 1 aromatic carbocycles. The molecule has 0 spiro atoms. The summed E-state index contributed by atoms with van der Waals surface area (Å²) in [4.78, 5) is 11.4. The van der Waals surface area contributed by atoms with Crippen molar-refractivity contribution in [1.29, 1.82) is 0 Å². The van der Waals surface area contributed by atoms with E-state index in [1.807, 2.05) is 26.0 Å². The van der Waals surface area contributed by atoms with E-state index in [1.54, 1.807) is 6.92 Å². The van der Waals surface area contributed by atoms with Crippen molar-refractivity contribution >= 4 is 28.4 Å². The molecule has 0 unspecified atom stereocenters. The molecule has 0 radical (unpaired) electrons. The van der Waals surface area contributed by atoms with Gasteiger partial charge in [0, 0.05) is 11.1 Å². The van der Waals surface area contributed by atoms with Gasteiger partial charge in [-0.3, -0.25) is 4.79 Å². The smallest absolute Gasteiger partial charge is 0.159 e. The van der Waals surface area contributed by atoms with Gasteiger partial charge in [-0.2, -0.15) is 0 Å². The predicted molar refractivity (Wildman–Crippen MR) is 71.5 cm³/mol. The molecule has 4 heteroatoms. The number of rotatable bonds is 1. The first-order valence-corrected chi connectivity index (χ1v) is 6.67. The lowest BCUT2D eigenvalue weighted by molar-refractivity contribution is 0.0715. The van der Waals surface area contributed by atoms with Gasteiger partial charge in [-0.05, 0) is 55.5 Å². The molecule has 0 amide bonds. The number of halogens is 1. The zero-order valence-electron chi connectivity index (χ0n) is 9.91. The molecule has 3 nitrogen and oxygen atoms in total. The van der Waals surface area contributed by atoms with Crippen molar-refractivity contribution in [2.24, 2.45) is 0 Å². The molecule has 0 bridgehead atoms. The number of carbonyl (C=O) groups is 1. The summed E-state index contributed by atoms with van der Waals surface area (Å²) in [6.07, 6.45) is 0.217. The van der Waals surface area contributed by atoms with Crippen LogP contribution in [0.4, 0.5) is 0 Å². The number of benzene rings is 1. The molecular formula is C13H13IO3. The van der Waals surface area contributed by atoms with Crippen LogP contribution in [0.3, 0.4) is 0 Å². The Morgan fingerprint density at radius 3 is 2.76 bits per heavy atom. The fraction of sp³-hybridized carbons (Fsp3) is 0.462. The maximum absolute atomic E-state index is 11.4. The minimum atomic E-state index is -0.282. The average Bonchev–Trinajstić information content (AvgIpc) is 2.99. The third kappa shape index (κ3) is 1.69. The van der Waals surface area contributed by atoms with Gasteiger partial charge in [0.25, 0.3) is 0 Å². The molecule has 0 aliphatic carbocycles. The predicted octanol–water partition coefficient (Wildman–Crippen LogP) is 3.10. The molecule has 1 saturated heterocycles. The molecule has 1 fully saturated rings. The van der Waals surface area contributed by atoms with E-state index in [9.17, 15) is 4.79 Å². The van der Waals surface area contributed by atoms with Crippen LogP contribution in [0.2, 0.25) is 0 Å². The van der Waals surface area contributed by atoms with Crippen LogP contribution in [0, 0.1) is 3.57 Å². The van der Waals surface area contributed by atoms with Crippen molar-refractivity contribution in [1.82, 2.24) is 0 Å². The van der Waals surface area contributed by atoms with Crippen molar-refractivity contribution in [2.45, 2.75) is 38.6 Å². The highest BCUT2D eigenvalue weighted by Gasteiger charge is 2.57. The van der Waals surface area contributed by atoms with E-state index in [0.29, 0.717) is 0 Å². The van der Waals surface area contributed by atoms with E-state index in [0.717, 1.165) is 20.4 Å². The lowest BCUT2D eigenvalue weighted by Crippen LogP contribution is -2.38. The van der Waals surface area contributed by atoms with Crippen molar-refractivity contribution in [3.8, 4) is 5.75 Å². The average molecular weight is 344 g/mol. The fourth-order valence-corrected chi connectivity index (χ4v) is 3.09. The summed E-state index contributed by atoms with van der Waals surface area (Å²) in [6.45, 7) is 5.65. The lowest BCUT2D eigenvalue weighted by Gasteiger charge is -2.30. The molecule has 17 heavy (non-hydrogen) atoms. The molecule has 90 valence electrons. The number of ketones is 1. The fourth-order valence-electron chi connectivity index (χ4n) is 2.34. The molecule has 0 aromatic heterocycles. The lowest BCUT2D eigenvalue weighted by atomic mass is 9.93. The Morgan fingerprint density at radius 1 is 1.41 bits per heavy atom. The number of Topliss-reactive ketones (excluding diaryl/α,β-unsaturated/α-hetero) is 1. The third-order valence-electron chi connectivity index (χ3n) is 3.33. The molecular weight excluding hydrogens is 331 g/mol. The van der Waals surface area contributed by atoms with Crippen LogP contribution < -0.4 is 4.74 Å². The van der Waals surface area contributed by atoms with E-state index >= 15 is 0 Å². The molecule has 2 heterocycles. The van der Waals surface area contributed by atoms with E-state index in [1.165, 1.54) is 0 Å². The van der Waals surface area contributed by atoms with Crippen molar-refractivity contribution in [2.75, 3.05) is 0 Å². The standard InChI is InChI=1S/C13H13IO3/c1-6(15)7-4-8-10(9(14)5-7)17-13(2,3)12-11(8)16-12/h4-5,11-12H,1-3H3/t11-,12-/m1/s1. The first-order valence-electron chi connectivity index (χ1n) is 5.59. The van der Waals surface area contributed by atoms with Gasteiger partial charge in [0.15, 0.2) is 5.78 Å². The Morgan fingerprint density at radius 2 is 2.12 bits per heavy atom. The van der Waals surface area contributed by atoms with Gasteiger partial charge in [-0.1, -0.05) is 0 Å². The van der Waals surface area contributed by atoms with Crippen LogP contribution in [-0.4, -0.2) is 17.5 Å². The summed E-state index contributed by atoms with van der Waals surface area (Å²) in [5.74, 6) is 0.951. The molecule has 3 rings (SSSR count). The summed E-state index contributed by atoms with van der Waals surface area (Å²) in [5, 5.41) is 0. The normalized spacial score (nSPS) is 27.8. The van der Waals surface area contributed by atoms with Crippen LogP contribution >= 0.6 is 22.6 Å². The first kappa shape index (κ1) is 11.5. The monoisotopic (exact) mass is 344 g/mol. The highest BCUT2D eigenvalue weighted by Crippen LogP contribution is 2.54. The maximum Gasteiger partial charge on any atom is 0.159 e. The Kier molecular flexibility index (Phi) is 2.32. The van der Waals surface area contributed by atoms with Crippen LogP contribution in [0.15, 0.2) is 12.1 Å². The van der Waals surface area contributed by atoms with Gasteiger partial charge in [0.2, 0.25) is 0 Å². The van der Waals surface area contributed by atoms with Gasteiger partial charge in [0.05, 0.1) is 3.57 Å². The number of ether oxygens (including phenoxy) is 2. The second-order valence-electron chi connectivity index (χ2n) is 5.12. The third-order valence-corrected chi connectivity index (χ3v) is 4.13. The Hall–Kier alpha value is -0.620. The Bertz CT molecular complexity index is 522. The zero-order chi connectivity index (χ0) is 12.4. The summed E-state index contributed by atoms with van der Waals surface area (Å²) >= 11 is 2.21. The molecule has 0 N–H and O–H groups in total. The van der Waals surface area contributed by atoms with Gasteiger partial charge in [0.1, 0.15) is 23.6 Å². The van der Waals surface area contributed by atoms with Gasteiger partial charge >= 0.3 is 0 Å². The SMILES string of the molecule is CC(=O)c1cc(I)c2c(c1)[C@H]1O[C@H]1C(C)(C)O2.